The van der Waals surface area contributed by atoms with E-state index in [1.807, 2.05) is 10.8 Å². The van der Waals surface area contributed by atoms with E-state index in [1.165, 1.54) is 0 Å². The first kappa shape index (κ1) is 21.4. The van der Waals surface area contributed by atoms with Crippen molar-refractivity contribution in [3.8, 4) is 11.5 Å². The normalized spacial score (nSPS) is 17.4. The molecule has 0 spiro atoms. The Balaban J connectivity index is 1.48. The van der Waals surface area contributed by atoms with E-state index in [1.54, 1.807) is 11.3 Å². The molecule has 0 saturated carbocycles. The van der Waals surface area contributed by atoms with Crippen LogP contribution < -0.4 is 9.47 Å². The van der Waals surface area contributed by atoms with Crippen LogP contribution in [-0.4, -0.2) is 76.3 Å². The molecule has 1 aromatic heterocycles. The maximum absolute atomic E-state index is 10.8. The molecule has 2 heterocycles. The van der Waals surface area contributed by atoms with Gasteiger partial charge in [0.1, 0.15) is 6.61 Å². The van der Waals surface area contributed by atoms with Crippen molar-refractivity contribution >= 4 is 21.5 Å². The third kappa shape index (κ3) is 8.22. The number of unbranched alkanes of at least 4 members (excludes halogenated alkanes) is 2. The van der Waals surface area contributed by atoms with Gasteiger partial charge in [-0.2, -0.15) is 8.42 Å². The van der Waals surface area contributed by atoms with Crippen molar-refractivity contribution in [2.24, 2.45) is 0 Å². The predicted octanol–water partition coefficient (Wildman–Crippen LogP) is 2.43. The van der Waals surface area contributed by atoms with Crippen LogP contribution in [0.5, 0.6) is 11.5 Å². The summed E-state index contributed by atoms with van der Waals surface area (Å²) in [5, 5.41) is 3.88. The number of quaternary nitrogens is 1. The molecule has 0 fully saturated rings. The molecule has 0 aromatic carbocycles. The zero-order valence-electron chi connectivity index (χ0n) is 15.6. The monoisotopic (exact) mass is 408 g/mol. The Labute approximate surface area is 160 Å². The summed E-state index contributed by atoms with van der Waals surface area (Å²) in [5.74, 6) is 1.47. The molecule has 1 aromatic rings. The fourth-order valence-electron chi connectivity index (χ4n) is 2.87. The van der Waals surface area contributed by atoms with Gasteiger partial charge in [-0.25, -0.2) is 0 Å². The molecular weight excluding hydrogens is 378 g/mol. The highest BCUT2D eigenvalue weighted by atomic mass is 32.2. The molecular formula is C17H30NO6S2+. The number of thiophene rings is 1. The average Bonchev–Trinajstić information content (AvgIpc) is 3.00. The van der Waals surface area contributed by atoms with Crippen molar-refractivity contribution in [2.75, 3.05) is 52.8 Å². The highest BCUT2D eigenvalue weighted by Crippen LogP contribution is 2.35. The van der Waals surface area contributed by atoms with Crippen LogP contribution in [0.2, 0.25) is 0 Å². The highest BCUT2D eigenvalue weighted by Gasteiger charge is 2.21. The van der Waals surface area contributed by atoms with Crippen LogP contribution in [-0.2, 0) is 14.9 Å². The van der Waals surface area contributed by atoms with E-state index in [0.717, 1.165) is 48.3 Å². The van der Waals surface area contributed by atoms with Gasteiger partial charge in [-0.3, -0.25) is 4.55 Å². The van der Waals surface area contributed by atoms with Gasteiger partial charge >= 0.3 is 0 Å². The van der Waals surface area contributed by atoms with E-state index in [-0.39, 0.29) is 11.9 Å². The first-order chi connectivity index (χ1) is 12.3. The number of fused-ring (bicyclic) bond motifs is 1. The Kier molecular flexibility index (Phi) is 8.15. The predicted molar refractivity (Wildman–Crippen MR) is 102 cm³/mol. The Morgan fingerprint density at radius 2 is 1.92 bits per heavy atom. The van der Waals surface area contributed by atoms with Gasteiger partial charge in [0, 0.05) is 23.8 Å². The topological polar surface area (TPSA) is 82.1 Å². The van der Waals surface area contributed by atoms with Gasteiger partial charge in [0.15, 0.2) is 17.6 Å². The maximum atomic E-state index is 10.8. The summed E-state index contributed by atoms with van der Waals surface area (Å²) in [5.41, 5.74) is 0. The van der Waals surface area contributed by atoms with Gasteiger partial charge in [-0.05, 0) is 19.3 Å². The summed E-state index contributed by atoms with van der Waals surface area (Å²) in [6.07, 6.45) is 3.54. The first-order valence-corrected chi connectivity index (χ1v) is 11.5. The van der Waals surface area contributed by atoms with E-state index in [0.29, 0.717) is 26.2 Å². The number of hydrogen-bond acceptors (Lipinski definition) is 6. The number of rotatable bonds is 12. The fraction of sp³-hybridized carbons (Fsp3) is 0.765. The van der Waals surface area contributed by atoms with Crippen LogP contribution >= 0.6 is 11.3 Å². The van der Waals surface area contributed by atoms with Gasteiger partial charge in [0.25, 0.3) is 10.1 Å². The van der Waals surface area contributed by atoms with Crippen LogP contribution in [0.4, 0.5) is 0 Å². The maximum Gasteiger partial charge on any atom is 0.265 e. The zero-order chi connectivity index (χ0) is 19.0. The van der Waals surface area contributed by atoms with Crippen molar-refractivity contribution in [3.05, 3.63) is 10.8 Å². The smallest absolute Gasteiger partial charge is 0.265 e. The van der Waals surface area contributed by atoms with Gasteiger partial charge in [-0.15, -0.1) is 11.3 Å². The SMILES string of the molecule is C[N+](C)(CCCCCOCC1COc2cscc2O1)CCCS(=O)(=O)O. The lowest BCUT2D eigenvalue weighted by molar-refractivity contribution is -0.890. The molecule has 1 unspecified atom stereocenters. The van der Waals surface area contributed by atoms with Gasteiger partial charge in [0.05, 0.1) is 39.5 Å². The summed E-state index contributed by atoms with van der Waals surface area (Å²) in [4.78, 5) is 0. The molecule has 0 bridgehead atoms. The lowest BCUT2D eigenvalue weighted by Gasteiger charge is -2.29. The van der Waals surface area contributed by atoms with E-state index in [4.69, 9.17) is 18.8 Å². The van der Waals surface area contributed by atoms with Crippen LogP contribution in [0.15, 0.2) is 10.8 Å². The van der Waals surface area contributed by atoms with Gasteiger partial charge in [0.2, 0.25) is 0 Å². The van der Waals surface area contributed by atoms with Crippen molar-refractivity contribution in [1.82, 2.24) is 0 Å². The minimum absolute atomic E-state index is 0.0458. The molecule has 7 nitrogen and oxygen atoms in total. The molecule has 150 valence electrons. The molecule has 9 heteroatoms. The van der Waals surface area contributed by atoms with E-state index < -0.39 is 10.1 Å². The molecule has 2 rings (SSSR count). The number of nitrogens with zero attached hydrogens (tertiary/aromatic N) is 1. The molecule has 0 amide bonds. The molecule has 0 aliphatic carbocycles. The second-order valence-electron chi connectivity index (χ2n) is 7.31. The summed E-state index contributed by atoms with van der Waals surface area (Å²) >= 11 is 1.57. The van der Waals surface area contributed by atoms with Crippen LogP contribution in [0.25, 0.3) is 0 Å². The molecule has 0 saturated heterocycles. The zero-order valence-corrected chi connectivity index (χ0v) is 17.2. The molecule has 1 aliphatic heterocycles. The average molecular weight is 409 g/mol. The van der Waals surface area contributed by atoms with Crippen molar-refractivity contribution in [2.45, 2.75) is 31.8 Å². The fourth-order valence-corrected chi connectivity index (χ4v) is 4.03. The molecule has 1 atom stereocenters. The lowest BCUT2D eigenvalue weighted by atomic mass is 10.2. The lowest BCUT2D eigenvalue weighted by Crippen LogP contribution is -2.41. The summed E-state index contributed by atoms with van der Waals surface area (Å²) in [7, 11) is 0.316. The van der Waals surface area contributed by atoms with Crippen molar-refractivity contribution in [1.29, 1.82) is 0 Å². The van der Waals surface area contributed by atoms with Crippen LogP contribution in [0, 0.1) is 0 Å². The molecule has 26 heavy (non-hydrogen) atoms. The molecule has 1 aliphatic rings. The Hall–Kier alpha value is -0.870. The third-order valence-corrected chi connectivity index (χ3v) is 5.84. The second kappa shape index (κ2) is 9.89. The molecule has 1 N–H and O–H groups in total. The van der Waals surface area contributed by atoms with Crippen molar-refractivity contribution in [3.63, 3.8) is 0 Å². The second-order valence-corrected chi connectivity index (χ2v) is 9.62. The molecule has 0 radical (unpaired) electrons. The minimum Gasteiger partial charge on any atom is -0.485 e. The number of ether oxygens (including phenoxy) is 3. The summed E-state index contributed by atoms with van der Waals surface area (Å²) in [6, 6.07) is 0. The van der Waals surface area contributed by atoms with Crippen molar-refractivity contribution < 1.29 is 31.7 Å². The Morgan fingerprint density at radius 1 is 1.19 bits per heavy atom. The standard InChI is InChI=1S/C17H29NO6S2/c1-18(2,8-6-10-26(19,20)21)7-4-3-5-9-22-11-15-12-23-16-13-25-14-17(16)24-15/h13-15H,3-12H2,1-2H3/p+1. The quantitative estimate of drug-likeness (QED) is 0.325. The first-order valence-electron chi connectivity index (χ1n) is 8.96. The largest absolute Gasteiger partial charge is 0.485 e. The summed E-state index contributed by atoms with van der Waals surface area (Å²) in [6.45, 7) is 3.48. The Morgan fingerprint density at radius 3 is 2.69 bits per heavy atom. The highest BCUT2D eigenvalue weighted by molar-refractivity contribution is 7.85. The number of hydrogen-bond donors (Lipinski definition) is 1. The van der Waals surface area contributed by atoms with E-state index in [9.17, 15) is 8.42 Å². The third-order valence-electron chi connectivity index (χ3n) is 4.33. The van der Waals surface area contributed by atoms with Crippen LogP contribution in [0.1, 0.15) is 25.7 Å². The van der Waals surface area contributed by atoms with Gasteiger partial charge in [-0.1, -0.05) is 0 Å². The van der Waals surface area contributed by atoms with Gasteiger partial charge < -0.3 is 18.7 Å². The Bertz CT molecular complexity index is 643. The van der Waals surface area contributed by atoms with E-state index in [2.05, 4.69) is 14.1 Å². The van der Waals surface area contributed by atoms with Crippen LogP contribution in [0.3, 0.4) is 0 Å². The minimum atomic E-state index is -3.85. The van der Waals surface area contributed by atoms with E-state index >= 15 is 0 Å². The summed E-state index contributed by atoms with van der Waals surface area (Å²) < 4.78 is 48.2.